The van der Waals surface area contributed by atoms with Crippen LogP contribution in [-0.4, -0.2) is 34.1 Å². The number of halogens is 2. The number of anilines is 2. The summed E-state index contributed by atoms with van der Waals surface area (Å²) in [6, 6.07) is 7.07. The van der Waals surface area contributed by atoms with Crippen molar-refractivity contribution in [1.29, 1.82) is 0 Å². The first-order chi connectivity index (χ1) is 11.7. The lowest BCUT2D eigenvalue weighted by molar-refractivity contribution is 0.136. The van der Waals surface area contributed by atoms with E-state index in [0.29, 0.717) is 27.4 Å². The molecule has 0 atom stereocenters. The number of hydrogen-bond donors (Lipinski definition) is 2. The zero-order valence-corrected chi connectivity index (χ0v) is 14.0. The Morgan fingerprint density at radius 1 is 1.12 bits per heavy atom. The van der Waals surface area contributed by atoms with Crippen LogP contribution in [0.2, 0.25) is 10.0 Å². The Kier molecular flexibility index (Phi) is 4.10. The highest BCUT2D eigenvalue weighted by molar-refractivity contribution is 6.36. The molecule has 0 unspecified atom stereocenters. The van der Waals surface area contributed by atoms with E-state index >= 15 is 0 Å². The van der Waals surface area contributed by atoms with Crippen molar-refractivity contribution in [2.75, 3.05) is 18.4 Å². The fourth-order valence-corrected chi connectivity index (χ4v) is 2.79. The van der Waals surface area contributed by atoms with Gasteiger partial charge in [0, 0.05) is 29.6 Å². The summed E-state index contributed by atoms with van der Waals surface area (Å²) in [4.78, 5) is 12.8. The molecule has 1 saturated heterocycles. The monoisotopic (exact) mass is 361 g/mol. The molecule has 8 heteroatoms. The second kappa shape index (κ2) is 6.39. The van der Waals surface area contributed by atoms with Gasteiger partial charge in [-0.05, 0) is 18.2 Å². The maximum absolute atomic E-state index is 6.22. The van der Waals surface area contributed by atoms with E-state index in [-0.39, 0.29) is 6.10 Å². The van der Waals surface area contributed by atoms with Crippen LogP contribution in [0.5, 0.6) is 5.88 Å². The summed E-state index contributed by atoms with van der Waals surface area (Å²) in [5.41, 5.74) is 1.43. The van der Waals surface area contributed by atoms with Gasteiger partial charge in [0.2, 0.25) is 5.88 Å². The summed E-state index contributed by atoms with van der Waals surface area (Å²) in [5.74, 6) is 1.18. The zero-order valence-electron chi connectivity index (χ0n) is 12.5. The number of hydrogen-bond acceptors (Lipinski definition) is 6. The summed E-state index contributed by atoms with van der Waals surface area (Å²) in [7, 11) is 0. The van der Waals surface area contributed by atoms with E-state index in [2.05, 4.69) is 25.6 Å². The fourth-order valence-electron chi connectivity index (χ4n) is 2.34. The summed E-state index contributed by atoms with van der Waals surface area (Å²) in [6.07, 6.45) is 3.31. The average molecular weight is 362 g/mol. The Morgan fingerprint density at radius 2 is 2.00 bits per heavy atom. The standard InChI is InChI=1S/C16H13Cl2N5O/c17-9-1-2-13(12(18)3-9)23-16-11-4-15(24-10-5-19-6-10)20-7-14(11)21-8-22-16/h1-4,7-8,10,19H,5-6H2,(H,21,22,23). The van der Waals surface area contributed by atoms with E-state index in [4.69, 9.17) is 27.9 Å². The van der Waals surface area contributed by atoms with Crippen molar-refractivity contribution in [1.82, 2.24) is 20.3 Å². The second-order valence-corrected chi connectivity index (χ2v) is 6.25. The predicted molar refractivity (Wildman–Crippen MR) is 94.4 cm³/mol. The number of aromatic nitrogens is 3. The van der Waals surface area contributed by atoms with Crippen LogP contribution in [0.3, 0.4) is 0 Å². The van der Waals surface area contributed by atoms with Gasteiger partial charge >= 0.3 is 0 Å². The molecule has 0 spiro atoms. The van der Waals surface area contributed by atoms with Crippen LogP contribution in [0.25, 0.3) is 10.9 Å². The molecule has 2 aromatic heterocycles. The molecule has 1 aromatic carbocycles. The van der Waals surface area contributed by atoms with Crippen molar-refractivity contribution in [2.24, 2.45) is 0 Å². The van der Waals surface area contributed by atoms with Crippen molar-refractivity contribution in [3.05, 3.63) is 46.8 Å². The first-order valence-electron chi connectivity index (χ1n) is 7.39. The van der Waals surface area contributed by atoms with E-state index in [0.717, 1.165) is 24.0 Å². The van der Waals surface area contributed by atoms with Crippen molar-refractivity contribution in [3.8, 4) is 5.88 Å². The molecular weight excluding hydrogens is 349 g/mol. The van der Waals surface area contributed by atoms with Crippen molar-refractivity contribution < 1.29 is 4.74 Å². The molecule has 6 nitrogen and oxygen atoms in total. The van der Waals surface area contributed by atoms with Crippen LogP contribution < -0.4 is 15.4 Å². The molecule has 0 saturated carbocycles. The van der Waals surface area contributed by atoms with Gasteiger partial charge in [-0.1, -0.05) is 23.2 Å². The molecule has 4 rings (SSSR count). The quantitative estimate of drug-likeness (QED) is 0.741. The van der Waals surface area contributed by atoms with Gasteiger partial charge < -0.3 is 15.4 Å². The first-order valence-corrected chi connectivity index (χ1v) is 8.15. The van der Waals surface area contributed by atoms with E-state index in [1.807, 2.05) is 6.07 Å². The van der Waals surface area contributed by atoms with Gasteiger partial charge in [0.15, 0.2) is 0 Å². The molecule has 0 radical (unpaired) electrons. The fraction of sp³-hybridized carbons (Fsp3) is 0.188. The van der Waals surface area contributed by atoms with Crippen LogP contribution in [0, 0.1) is 0 Å². The Bertz CT molecular complexity index is 901. The summed E-state index contributed by atoms with van der Waals surface area (Å²) < 4.78 is 5.80. The Labute approximate surface area is 148 Å². The van der Waals surface area contributed by atoms with Gasteiger partial charge in [-0.25, -0.2) is 15.0 Å². The minimum atomic E-state index is 0.154. The van der Waals surface area contributed by atoms with E-state index in [9.17, 15) is 0 Å². The summed E-state index contributed by atoms with van der Waals surface area (Å²) in [6.45, 7) is 1.66. The number of nitrogens with zero attached hydrogens (tertiary/aromatic N) is 3. The highest BCUT2D eigenvalue weighted by atomic mass is 35.5. The van der Waals surface area contributed by atoms with Gasteiger partial charge in [0.25, 0.3) is 0 Å². The summed E-state index contributed by atoms with van der Waals surface area (Å²) >= 11 is 12.2. The van der Waals surface area contributed by atoms with Crippen LogP contribution in [0.1, 0.15) is 0 Å². The number of rotatable bonds is 4. The van der Waals surface area contributed by atoms with Gasteiger partial charge in [-0.15, -0.1) is 0 Å². The highest BCUT2D eigenvalue weighted by Crippen LogP contribution is 2.30. The van der Waals surface area contributed by atoms with E-state index in [1.165, 1.54) is 6.33 Å². The van der Waals surface area contributed by atoms with E-state index in [1.54, 1.807) is 24.4 Å². The van der Waals surface area contributed by atoms with Gasteiger partial charge in [-0.3, -0.25) is 0 Å². The molecule has 0 bridgehead atoms. The maximum atomic E-state index is 6.22. The Balaban J connectivity index is 1.69. The van der Waals surface area contributed by atoms with E-state index < -0.39 is 0 Å². The van der Waals surface area contributed by atoms with Gasteiger partial charge in [-0.2, -0.15) is 0 Å². The van der Waals surface area contributed by atoms with Gasteiger partial charge in [0.1, 0.15) is 18.2 Å². The predicted octanol–water partition coefficient (Wildman–Crippen LogP) is 3.43. The highest BCUT2D eigenvalue weighted by Gasteiger charge is 2.19. The lowest BCUT2D eigenvalue weighted by Crippen LogP contribution is -2.50. The number of benzene rings is 1. The topological polar surface area (TPSA) is 72.0 Å². The number of pyridine rings is 1. The molecule has 122 valence electrons. The van der Waals surface area contributed by atoms with Crippen molar-refractivity contribution in [2.45, 2.75) is 6.10 Å². The van der Waals surface area contributed by atoms with Gasteiger partial charge in [0.05, 0.1) is 22.4 Å². The molecule has 2 N–H and O–H groups in total. The smallest absolute Gasteiger partial charge is 0.214 e. The molecule has 24 heavy (non-hydrogen) atoms. The summed E-state index contributed by atoms with van der Waals surface area (Å²) in [5, 5.41) is 8.27. The minimum absolute atomic E-state index is 0.154. The molecule has 0 amide bonds. The largest absolute Gasteiger partial charge is 0.472 e. The molecule has 3 heterocycles. The number of ether oxygens (including phenoxy) is 1. The SMILES string of the molecule is Clc1ccc(Nc2ncnc3cnc(OC4CNC4)cc23)c(Cl)c1. The Hall–Kier alpha value is -2.15. The molecule has 0 aliphatic carbocycles. The molecular formula is C16H13Cl2N5O. The third kappa shape index (κ3) is 3.08. The van der Waals surface area contributed by atoms with Crippen molar-refractivity contribution in [3.63, 3.8) is 0 Å². The van der Waals surface area contributed by atoms with Crippen LogP contribution in [-0.2, 0) is 0 Å². The maximum Gasteiger partial charge on any atom is 0.214 e. The average Bonchev–Trinajstić information content (AvgIpc) is 2.54. The second-order valence-electron chi connectivity index (χ2n) is 5.41. The van der Waals surface area contributed by atoms with Crippen LogP contribution >= 0.6 is 23.2 Å². The number of nitrogens with one attached hydrogen (secondary N) is 2. The molecule has 1 aliphatic rings. The number of fused-ring (bicyclic) bond motifs is 1. The molecule has 3 aromatic rings. The third-order valence-electron chi connectivity index (χ3n) is 3.71. The first kappa shape index (κ1) is 15.4. The third-order valence-corrected chi connectivity index (χ3v) is 4.26. The molecule has 1 fully saturated rings. The Morgan fingerprint density at radius 3 is 2.75 bits per heavy atom. The van der Waals surface area contributed by atoms with Crippen LogP contribution in [0.15, 0.2) is 36.8 Å². The lowest BCUT2D eigenvalue weighted by Gasteiger charge is -2.27. The van der Waals surface area contributed by atoms with Crippen molar-refractivity contribution >= 4 is 45.6 Å². The van der Waals surface area contributed by atoms with Crippen LogP contribution in [0.4, 0.5) is 11.5 Å². The molecule has 1 aliphatic heterocycles. The minimum Gasteiger partial charge on any atom is -0.472 e. The lowest BCUT2D eigenvalue weighted by atomic mass is 10.2. The normalized spacial score (nSPS) is 14.4. The zero-order chi connectivity index (χ0) is 16.5.